The molecule has 2 aliphatic rings. The number of halogens is 1. The number of rotatable bonds is 9. The summed E-state index contributed by atoms with van der Waals surface area (Å²) in [7, 11) is 0. The molecular weight excluding hydrogens is 660 g/mol. The van der Waals surface area contributed by atoms with E-state index in [1.165, 1.54) is 28.4 Å². The Hall–Kier alpha value is -5.20. The molecule has 256 valence electrons. The van der Waals surface area contributed by atoms with Crippen LogP contribution < -0.4 is 4.74 Å². The Morgan fingerprint density at radius 2 is 1.64 bits per heavy atom. The molecule has 10 nitrogen and oxygen atoms in total. The van der Waals surface area contributed by atoms with Crippen LogP contribution >= 0.6 is 11.3 Å². The second-order valence-corrected chi connectivity index (χ2v) is 14.0. The van der Waals surface area contributed by atoms with Gasteiger partial charge in [0.25, 0.3) is 11.8 Å². The van der Waals surface area contributed by atoms with Crippen molar-refractivity contribution in [2.45, 2.75) is 39.3 Å². The van der Waals surface area contributed by atoms with Crippen LogP contribution in [-0.2, 0) is 22.4 Å². The van der Waals surface area contributed by atoms with Gasteiger partial charge in [0, 0.05) is 35.7 Å². The molecule has 3 amide bonds. The van der Waals surface area contributed by atoms with E-state index in [1.54, 1.807) is 35.2 Å². The topological polar surface area (TPSA) is 111 Å². The van der Waals surface area contributed by atoms with Gasteiger partial charge in [0.05, 0.1) is 35.6 Å². The summed E-state index contributed by atoms with van der Waals surface area (Å²) in [4.78, 5) is 40.7. The minimum Gasteiger partial charge on any atom is -0.490 e. The average Bonchev–Trinajstić information content (AvgIpc) is 3.68. The zero-order chi connectivity index (χ0) is 35.0. The third-order valence-corrected chi connectivity index (χ3v) is 9.47. The predicted octanol–water partition coefficient (Wildman–Crippen LogP) is 7.15. The molecule has 0 bridgehead atoms. The zero-order valence-electron chi connectivity index (χ0n) is 27.9. The van der Waals surface area contributed by atoms with Crippen molar-refractivity contribution in [3.63, 3.8) is 0 Å². The van der Waals surface area contributed by atoms with Crippen LogP contribution in [0, 0.1) is 5.82 Å². The molecule has 3 aromatic carbocycles. The quantitative estimate of drug-likeness (QED) is 0.118. The Morgan fingerprint density at radius 1 is 0.880 bits per heavy atom. The summed E-state index contributed by atoms with van der Waals surface area (Å²) in [5, 5.41) is 12.2. The molecule has 2 aliphatic heterocycles. The zero-order valence-corrected chi connectivity index (χ0v) is 28.7. The predicted molar refractivity (Wildman–Crippen MR) is 187 cm³/mol. The van der Waals surface area contributed by atoms with Gasteiger partial charge in [0.15, 0.2) is 0 Å². The smallest absolute Gasteiger partial charge is 0.410 e. The Labute approximate surface area is 292 Å². The van der Waals surface area contributed by atoms with E-state index in [9.17, 15) is 18.8 Å². The number of nitrogens with zero attached hydrogens (tertiary/aromatic N) is 4. The normalized spacial score (nSPS) is 14.2. The first-order valence-corrected chi connectivity index (χ1v) is 17.2. The third kappa shape index (κ3) is 6.68. The first-order chi connectivity index (χ1) is 24.1. The van der Waals surface area contributed by atoms with E-state index >= 15 is 0 Å². The average molecular weight is 695 g/mol. The van der Waals surface area contributed by atoms with Crippen LogP contribution in [0.3, 0.4) is 0 Å². The maximum Gasteiger partial charge on any atom is 0.410 e. The number of amides is 3. The molecule has 0 N–H and O–H groups in total. The second-order valence-electron chi connectivity index (χ2n) is 13.1. The number of ether oxygens (including phenoxy) is 3. The minimum absolute atomic E-state index is 0.109. The van der Waals surface area contributed by atoms with Crippen molar-refractivity contribution >= 4 is 39.3 Å². The van der Waals surface area contributed by atoms with Crippen molar-refractivity contribution in [3.05, 3.63) is 100 Å². The molecule has 0 atom stereocenters. The maximum atomic E-state index is 14.4. The number of fused-ring (bicyclic) bond motifs is 3. The van der Waals surface area contributed by atoms with Crippen LogP contribution in [0.15, 0.2) is 72.1 Å². The van der Waals surface area contributed by atoms with Crippen LogP contribution in [-0.4, -0.2) is 76.4 Å². The van der Waals surface area contributed by atoms with Gasteiger partial charge in [-0.05, 0) is 80.1 Å². The van der Waals surface area contributed by atoms with Gasteiger partial charge in [0.1, 0.15) is 35.2 Å². The highest BCUT2D eigenvalue weighted by Gasteiger charge is 2.34. The molecule has 0 saturated carbocycles. The number of benzene rings is 3. The van der Waals surface area contributed by atoms with Crippen molar-refractivity contribution in [1.82, 2.24) is 20.0 Å². The summed E-state index contributed by atoms with van der Waals surface area (Å²) < 4.78 is 32.5. The van der Waals surface area contributed by atoms with E-state index in [0.717, 1.165) is 32.5 Å². The van der Waals surface area contributed by atoms with Crippen molar-refractivity contribution in [2.75, 3.05) is 32.9 Å². The van der Waals surface area contributed by atoms with Crippen molar-refractivity contribution < 1.29 is 33.0 Å². The monoisotopic (exact) mass is 694 g/mol. The SMILES string of the molecule is CC(C)(C)OC(=O)N1CCc2cc(-c3nnc(-c4ccc(F)cc4OCCOCCN4C(=O)c5ccccc5C4=O)c4sccc34)ccc2C1. The fourth-order valence-corrected chi connectivity index (χ4v) is 7.07. The largest absolute Gasteiger partial charge is 0.490 e. The fourth-order valence-electron chi connectivity index (χ4n) is 6.17. The van der Waals surface area contributed by atoms with Gasteiger partial charge in [-0.2, -0.15) is 0 Å². The van der Waals surface area contributed by atoms with E-state index in [1.807, 2.05) is 44.4 Å². The lowest BCUT2D eigenvalue weighted by atomic mass is 9.95. The lowest BCUT2D eigenvalue weighted by molar-refractivity contribution is 0.0223. The van der Waals surface area contributed by atoms with Crippen LogP contribution in [0.25, 0.3) is 32.6 Å². The van der Waals surface area contributed by atoms with E-state index in [2.05, 4.69) is 16.3 Å². The van der Waals surface area contributed by atoms with Crippen LogP contribution in [0.1, 0.15) is 52.6 Å². The molecule has 4 heterocycles. The Bertz CT molecular complexity index is 2090. The van der Waals surface area contributed by atoms with Crippen LogP contribution in [0.2, 0.25) is 0 Å². The van der Waals surface area contributed by atoms with E-state index in [4.69, 9.17) is 14.2 Å². The Kier molecular flexibility index (Phi) is 9.06. The van der Waals surface area contributed by atoms with Gasteiger partial charge >= 0.3 is 6.09 Å². The first kappa shape index (κ1) is 33.3. The molecular formula is C38H35FN4O6S. The van der Waals surface area contributed by atoms with Gasteiger partial charge in [0.2, 0.25) is 0 Å². The van der Waals surface area contributed by atoms with Crippen molar-refractivity contribution in [3.8, 4) is 28.3 Å². The number of hydrogen-bond donors (Lipinski definition) is 0. The molecule has 7 rings (SSSR count). The molecule has 0 unspecified atom stereocenters. The lowest BCUT2D eigenvalue weighted by Gasteiger charge is -2.31. The van der Waals surface area contributed by atoms with Gasteiger partial charge in [-0.15, -0.1) is 21.5 Å². The van der Waals surface area contributed by atoms with Crippen LogP contribution in [0.5, 0.6) is 5.75 Å². The number of carbonyl (C=O) groups excluding carboxylic acids is 3. The highest BCUT2D eigenvalue weighted by Crippen LogP contribution is 2.40. The molecule has 0 fully saturated rings. The van der Waals surface area contributed by atoms with Crippen molar-refractivity contribution in [2.24, 2.45) is 0 Å². The van der Waals surface area contributed by atoms with Gasteiger partial charge in [-0.25, -0.2) is 9.18 Å². The summed E-state index contributed by atoms with van der Waals surface area (Å²) in [5.41, 5.74) is 5.28. The molecule has 12 heteroatoms. The van der Waals surface area contributed by atoms with E-state index < -0.39 is 11.4 Å². The van der Waals surface area contributed by atoms with E-state index in [0.29, 0.717) is 47.6 Å². The molecule has 0 spiro atoms. The summed E-state index contributed by atoms with van der Waals surface area (Å²) >= 11 is 1.52. The second kappa shape index (κ2) is 13.6. The van der Waals surface area contributed by atoms with Crippen molar-refractivity contribution in [1.29, 1.82) is 0 Å². The Morgan fingerprint density at radius 3 is 2.40 bits per heavy atom. The highest BCUT2D eigenvalue weighted by atomic mass is 32.1. The summed E-state index contributed by atoms with van der Waals surface area (Å²) in [6, 6.07) is 19.2. The highest BCUT2D eigenvalue weighted by molar-refractivity contribution is 7.17. The number of hydrogen-bond acceptors (Lipinski definition) is 9. The number of imide groups is 1. The fraction of sp³-hybridized carbons (Fsp3) is 0.289. The molecule has 0 radical (unpaired) electrons. The van der Waals surface area contributed by atoms with Gasteiger partial charge in [-0.1, -0.05) is 24.3 Å². The molecule has 5 aromatic rings. The molecule has 2 aromatic heterocycles. The summed E-state index contributed by atoms with van der Waals surface area (Å²) in [6.45, 7) is 7.15. The first-order valence-electron chi connectivity index (χ1n) is 16.4. The van der Waals surface area contributed by atoms with Gasteiger partial charge in [-0.3, -0.25) is 14.5 Å². The number of aromatic nitrogens is 2. The summed E-state index contributed by atoms with van der Waals surface area (Å²) in [5.74, 6) is -0.823. The van der Waals surface area contributed by atoms with E-state index in [-0.39, 0.29) is 44.3 Å². The molecule has 0 aliphatic carbocycles. The standard InChI is InChI=1S/C38H35FN4O6S/c1-38(2,3)49-37(46)42-14-12-23-20-24(8-9-25(23)22-42)32-30-13-19-50-34(30)33(41-40-32)29-11-10-26(39)21-31(29)48-18-17-47-16-15-43-35(44)27-6-4-5-7-28(27)36(43)45/h4-11,13,19-21H,12,14-18,22H2,1-3H3. The number of carbonyl (C=O) groups is 3. The van der Waals surface area contributed by atoms with Gasteiger partial charge < -0.3 is 19.1 Å². The minimum atomic E-state index is -0.554. The summed E-state index contributed by atoms with van der Waals surface area (Å²) in [6.07, 6.45) is 0.383. The molecule has 0 saturated heterocycles. The third-order valence-electron chi connectivity index (χ3n) is 8.55. The maximum absolute atomic E-state index is 14.4. The van der Waals surface area contributed by atoms with Crippen LogP contribution in [0.4, 0.5) is 9.18 Å². The Balaban J connectivity index is 1.02. The number of thiophene rings is 1. The molecule has 50 heavy (non-hydrogen) atoms. The lowest BCUT2D eigenvalue weighted by Crippen LogP contribution is -2.39.